The standard InChI is InChI=1S/C11H17N3O4/c1-5-6-7(9(15)16)8(14-13-6)12-10(17)18-11(2,3)4/h5H2,1-4H3,(H,15,16)(H2,12,13,14,17). The molecule has 0 radical (unpaired) electrons. The molecule has 1 amide bonds. The van der Waals surface area contributed by atoms with E-state index in [0.717, 1.165) is 0 Å². The van der Waals surface area contributed by atoms with Gasteiger partial charge in [0, 0.05) is 0 Å². The maximum atomic E-state index is 11.5. The molecule has 0 spiro atoms. The Labute approximate surface area is 105 Å². The van der Waals surface area contributed by atoms with E-state index in [1.54, 1.807) is 27.7 Å². The van der Waals surface area contributed by atoms with Crippen LogP contribution >= 0.6 is 0 Å². The maximum Gasteiger partial charge on any atom is 0.413 e. The first-order valence-electron chi connectivity index (χ1n) is 5.55. The topological polar surface area (TPSA) is 104 Å². The molecule has 7 nitrogen and oxygen atoms in total. The van der Waals surface area contributed by atoms with E-state index < -0.39 is 17.7 Å². The number of aryl methyl sites for hydroxylation is 1. The first kappa shape index (κ1) is 14.0. The second kappa shape index (κ2) is 5.07. The lowest BCUT2D eigenvalue weighted by molar-refractivity contribution is 0.0635. The number of aromatic nitrogens is 2. The monoisotopic (exact) mass is 255 g/mol. The average Bonchev–Trinajstić information content (AvgIpc) is 2.57. The summed E-state index contributed by atoms with van der Waals surface area (Å²) in [4.78, 5) is 22.6. The summed E-state index contributed by atoms with van der Waals surface area (Å²) in [7, 11) is 0. The molecule has 100 valence electrons. The SMILES string of the molecule is CCc1[nH]nc(NC(=O)OC(C)(C)C)c1C(=O)O. The fourth-order valence-electron chi connectivity index (χ4n) is 1.36. The molecular weight excluding hydrogens is 238 g/mol. The van der Waals surface area contributed by atoms with E-state index in [1.165, 1.54) is 0 Å². The van der Waals surface area contributed by atoms with Crippen LogP contribution in [0.1, 0.15) is 43.7 Å². The van der Waals surface area contributed by atoms with Crippen LogP contribution in [0.15, 0.2) is 0 Å². The van der Waals surface area contributed by atoms with Crippen molar-refractivity contribution in [2.45, 2.75) is 39.7 Å². The Morgan fingerprint density at radius 1 is 1.44 bits per heavy atom. The molecule has 0 aliphatic carbocycles. The predicted octanol–water partition coefficient (Wildman–Crippen LogP) is 2.02. The van der Waals surface area contributed by atoms with E-state index in [-0.39, 0.29) is 11.4 Å². The number of H-pyrrole nitrogens is 1. The Kier molecular flexibility index (Phi) is 3.95. The summed E-state index contributed by atoms with van der Waals surface area (Å²) in [5, 5.41) is 17.7. The highest BCUT2D eigenvalue weighted by Crippen LogP contribution is 2.18. The number of aromatic carboxylic acids is 1. The Morgan fingerprint density at radius 3 is 2.50 bits per heavy atom. The van der Waals surface area contributed by atoms with E-state index in [1.807, 2.05) is 0 Å². The second-order valence-corrected chi connectivity index (χ2v) is 4.71. The molecule has 1 aromatic heterocycles. The van der Waals surface area contributed by atoms with Crippen LogP contribution in [-0.4, -0.2) is 33.0 Å². The van der Waals surface area contributed by atoms with Crippen molar-refractivity contribution in [2.75, 3.05) is 5.32 Å². The Morgan fingerprint density at radius 2 is 2.06 bits per heavy atom. The normalized spacial score (nSPS) is 11.1. The predicted molar refractivity (Wildman–Crippen MR) is 64.8 cm³/mol. The van der Waals surface area contributed by atoms with Crippen molar-refractivity contribution in [3.8, 4) is 0 Å². The molecule has 0 fully saturated rings. The van der Waals surface area contributed by atoms with E-state index in [9.17, 15) is 9.59 Å². The number of anilines is 1. The first-order chi connectivity index (χ1) is 8.24. The minimum absolute atomic E-state index is 0.0337. The Hall–Kier alpha value is -2.05. The molecule has 1 aromatic rings. The Balaban J connectivity index is 2.88. The summed E-state index contributed by atoms with van der Waals surface area (Å²) in [5.41, 5.74) is -0.242. The molecule has 0 saturated carbocycles. The van der Waals surface area contributed by atoms with Crippen LogP contribution in [0.2, 0.25) is 0 Å². The third kappa shape index (κ3) is 3.47. The highest BCUT2D eigenvalue weighted by molar-refractivity contribution is 5.98. The molecule has 0 atom stereocenters. The van der Waals surface area contributed by atoms with Crippen molar-refractivity contribution < 1.29 is 19.4 Å². The summed E-state index contributed by atoms with van der Waals surface area (Å²) < 4.78 is 5.02. The van der Waals surface area contributed by atoms with Crippen LogP contribution in [-0.2, 0) is 11.2 Å². The summed E-state index contributed by atoms with van der Waals surface area (Å²) in [6.45, 7) is 6.93. The number of aromatic amines is 1. The van der Waals surface area contributed by atoms with Gasteiger partial charge in [-0.1, -0.05) is 6.92 Å². The van der Waals surface area contributed by atoms with Gasteiger partial charge in [0.1, 0.15) is 11.2 Å². The number of hydrogen-bond acceptors (Lipinski definition) is 4. The summed E-state index contributed by atoms with van der Waals surface area (Å²) in [5.74, 6) is -1.18. The van der Waals surface area contributed by atoms with Gasteiger partial charge in [-0.3, -0.25) is 10.4 Å². The number of amides is 1. The number of carbonyl (C=O) groups is 2. The van der Waals surface area contributed by atoms with Crippen molar-refractivity contribution in [3.05, 3.63) is 11.3 Å². The third-order valence-corrected chi connectivity index (χ3v) is 2.03. The van der Waals surface area contributed by atoms with Gasteiger partial charge in [-0.25, -0.2) is 9.59 Å². The van der Waals surface area contributed by atoms with Crippen molar-refractivity contribution >= 4 is 17.9 Å². The number of carboxylic acid groups (broad SMARTS) is 1. The van der Waals surface area contributed by atoms with Crippen molar-refractivity contribution in [3.63, 3.8) is 0 Å². The van der Waals surface area contributed by atoms with Gasteiger partial charge in [0.15, 0.2) is 5.82 Å². The second-order valence-electron chi connectivity index (χ2n) is 4.71. The smallest absolute Gasteiger partial charge is 0.413 e. The largest absolute Gasteiger partial charge is 0.477 e. The van der Waals surface area contributed by atoms with Gasteiger partial charge < -0.3 is 9.84 Å². The first-order valence-corrected chi connectivity index (χ1v) is 5.55. The number of carbonyl (C=O) groups excluding carboxylic acids is 1. The van der Waals surface area contributed by atoms with Crippen LogP contribution in [0.25, 0.3) is 0 Å². The van der Waals surface area contributed by atoms with Gasteiger partial charge in [-0.15, -0.1) is 0 Å². The average molecular weight is 255 g/mol. The van der Waals surface area contributed by atoms with Crippen molar-refractivity contribution in [1.82, 2.24) is 10.2 Å². The van der Waals surface area contributed by atoms with E-state index >= 15 is 0 Å². The molecule has 0 bridgehead atoms. The lowest BCUT2D eigenvalue weighted by Gasteiger charge is -2.19. The zero-order chi connectivity index (χ0) is 13.9. The fourth-order valence-corrected chi connectivity index (χ4v) is 1.36. The molecule has 0 saturated heterocycles. The highest BCUT2D eigenvalue weighted by atomic mass is 16.6. The van der Waals surface area contributed by atoms with Gasteiger partial charge in [0.05, 0.1) is 5.69 Å². The molecule has 0 unspecified atom stereocenters. The van der Waals surface area contributed by atoms with Gasteiger partial charge in [-0.05, 0) is 27.2 Å². The lowest BCUT2D eigenvalue weighted by Crippen LogP contribution is -2.27. The zero-order valence-electron chi connectivity index (χ0n) is 10.8. The number of carboxylic acids is 1. The molecule has 7 heteroatoms. The molecular formula is C11H17N3O4. The van der Waals surface area contributed by atoms with Gasteiger partial charge >= 0.3 is 12.1 Å². The molecule has 3 N–H and O–H groups in total. The number of nitrogens with one attached hydrogen (secondary N) is 2. The van der Waals surface area contributed by atoms with Crippen LogP contribution in [0.3, 0.4) is 0 Å². The highest BCUT2D eigenvalue weighted by Gasteiger charge is 2.23. The molecule has 0 aliphatic rings. The minimum atomic E-state index is -1.15. The maximum absolute atomic E-state index is 11.5. The minimum Gasteiger partial charge on any atom is -0.477 e. The van der Waals surface area contributed by atoms with E-state index in [2.05, 4.69) is 15.5 Å². The van der Waals surface area contributed by atoms with E-state index in [4.69, 9.17) is 9.84 Å². The van der Waals surface area contributed by atoms with Crippen LogP contribution in [0.5, 0.6) is 0 Å². The van der Waals surface area contributed by atoms with Gasteiger partial charge in [-0.2, -0.15) is 5.10 Å². The summed E-state index contributed by atoms with van der Waals surface area (Å²) in [6.07, 6.45) is -0.260. The van der Waals surface area contributed by atoms with Gasteiger partial charge in [0.25, 0.3) is 0 Å². The third-order valence-electron chi connectivity index (χ3n) is 2.03. The molecule has 1 rings (SSSR count). The van der Waals surface area contributed by atoms with Crippen LogP contribution < -0.4 is 5.32 Å². The van der Waals surface area contributed by atoms with Crippen LogP contribution in [0, 0.1) is 0 Å². The number of hydrogen-bond donors (Lipinski definition) is 3. The Bertz CT molecular complexity index is 459. The molecule has 1 heterocycles. The van der Waals surface area contributed by atoms with Crippen molar-refractivity contribution in [2.24, 2.45) is 0 Å². The summed E-state index contributed by atoms with van der Waals surface area (Å²) >= 11 is 0. The summed E-state index contributed by atoms with van der Waals surface area (Å²) in [6, 6.07) is 0. The quantitative estimate of drug-likeness (QED) is 0.766. The molecule has 0 aromatic carbocycles. The number of nitrogens with zero attached hydrogens (tertiary/aromatic N) is 1. The number of ether oxygens (including phenoxy) is 1. The van der Waals surface area contributed by atoms with Crippen LogP contribution in [0.4, 0.5) is 10.6 Å². The van der Waals surface area contributed by atoms with E-state index in [0.29, 0.717) is 12.1 Å². The molecule has 18 heavy (non-hydrogen) atoms. The van der Waals surface area contributed by atoms with Gasteiger partial charge in [0.2, 0.25) is 0 Å². The zero-order valence-corrected chi connectivity index (χ0v) is 10.8. The molecule has 0 aliphatic heterocycles. The van der Waals surface area contributed by atoms with Crippen molar-refractivity contribution in [1.29, 1.82) is 0 Å². The number of rotatable bonds is 3. The fraction of sp³-hybridized carbons (Fsp3) is 0.545. The lowest BCUT2D eigenvalue weighted by atomic mass is 10.2.